The van der Waals surface area contributed by atoms with Gasteiger partial charge in [0.2, 0.25) is 0 Å². The van der Waals surface area contributed by atoms with E-state index in [2.05, 4.69) is 16.9 Å². The summed E-state index contributed by atoms with van der Waals surface area (Å²) in [5.74, 6) is 1.35. The fourth-order valence-corrected chi connectivity index (χ4v) is 1.51. The van der Waals surface area contributed by atoms with E-state index in [1.165, 1.54) is 0 Å². The molecular formula is C14H21N3O. The highest BCUT2D eigenvalue weighted by Crippen LogP contribution is 2.16. The van der Waals surface area contributed by atoms with Gasteiger partial charge in [0.1, 0.15) is 5.75 Å². The molecule has 0 fully saturated rings. The van der Waals surface area contributed by atoms with Gasteiger partial charge in [0.25, 0.3) is 0 Å². The van der Waals surface area contributed by atoms with Gasteiger partial charge in [-0.2, -0.15) is 0 Å². The van der Waals surface area contributed by atoms with Crippen molar-refractivity contribution < 1.29 is 4.74 Å². The average Bonchev–Trinajstić information content (AvgIpc) is 2.37. The van der Waals surface area contributed by atoms with Crippen LogP contribution in [-0.4, -0.2) is 26.2 Å². The molecule has 1 aromatic carbocycles. The minimum absolute atomic E-state index is 0.452. The highest BCUT2D eigenvalue weighted by Gasteiger charge is 2.01. The van der Waals surface area contributed by atoms with Crippen LogP contribution in [0.1, 0.15) is 12.5 Å². The largest absolute Gasteiger partial charge is 0.496 e. The molecule has 0 aromatic heterocycles. The molecule has 0 unspecified atom stereocenters. The predicted octanol–water partition coefficient (Wildman–Crippen LogP) is 1.72. The Balaban J connectivity index is 2.41. The minimum atomic E-state index is 0.452. The van der Waals surface area contributed by atoms with Crippen LogP contribution in [0.3, 0.4) is 0 Å². The number of guanidine groups is 1. The van der Waals surface area contributed by atoms with E-state index in [1.807, 2.05) is 31.2 Å². The smallest absolute Gasteiger partial charge is 0.188 e. The molecule has 0 heterocycles. The maximum atomic E-state index is 5.72. The number of aliphatic imine (C=N–C) groups is 1. The van der Waals surface area contributed by atoms with Crippen LogP contribution in [0.2, 0.25) is 0 Å². The van der Waals surface area contributed by atoms with Crippen molar-refractivity contribution in [2.75, 3.05) is 20.2 Å². The number of ether oxygens (including phenoxy) is 1. The van der Waals surface area contributed by atoms with Crippen LogP contribution < -0.4 is 15.8 Å². The van der Waals surface area contributed by atoms with Crippen LogP contribution in [0.25, 0.3) is 0 Å². The lowest BCUT2D eigenvalue weighted by Gasteiger charge is -2.09. The zero-order valence-electron chi connectivity index (χ0n) is 11.1. The molecule has 98 valence electrons. The maximum absolute atomic E-state index is 5.72. The van der Waals surface area contributed by atoms with Crippen molar-refractivity contribution in [3.63, 3.8) is 0 Å². The monoisotopic (exact) mass is 247 g/mol. The molecule has 0 atom stereocenters. The standard InChI is InChI=1S/C14H21N3O/c1-11(2)10-17-14(15)16-9-8-12-6-4-5-7-13(12)18-3/h4-7H,1,8-10H2,2-3H3,(H3,15,16,17). The van der Waals surface area contributed by atoms with Gasteiger partial charge in [0.05, 0.1) is 13.7 Å². The second kappa shape index (κ2) is 7.37. The first-order valence-electron chi connectivity index (χ1n) is 5.93. The van der Waals surface area contributed by atoms with E-state index in [-0.39, 0.29) is 0 Å². The van der Waals surface area contributed by atoms with Crippen molar-refractivity contribution in [1.29, 1.82) is 0 Å². The summed E-state index contributed by atoms with van der Waals surface area (Å²) in [6.45, 7) is 6.98. The van der Waals surface area contributed by atoms with Gasteiger partial charge in [-0.1, -0.05) is 30.4 Å². The number of hydrogen-bond donors (Lipinski definition) is 2. The molecule has 18 heavy (non-hydrogen) atoms. The number of rotatable bonds is 6. The lowest BCUT2D eigenvalue weighted by atomic mass is 10.1. The summed E-state index contributed by atoms with van der Waals surface area (Å²) in [5.41, 5.74) is 7.87. The van der Waals surface area contributed by atoms with Crippen LogP contribution in [0.4, 0.5) is 0 Å². The molecule has 0 spiro atoms. The zero-order valence-corrected chi connectivity index (χ0v) is 11.1. The van der Waals surface area contributed by atoms with Crippen molar-refractivity contribution in [2.24, 2.45) is 10.7 Å². The lowest BCUT2D eigenvalue weighted by molar-refractivity contribution is 0.409. The summed E-state index contributed by atoms with van der Waals surface area (Å²) in [6.07, 6.45) is 0.841. The molecule has 3 N–H and O–H groups in total. The van der Waals surface area contributed by atoms with Gasteiger partial charge in [-0.05, 0) is 25.0 Å². The Morgan fingerprint density at radius 1 is 1.44 bits per heavy atom. The summed E-state index contributed by atoms with van der Waals surface area (Å²) in [4.78, 5) is 4.15. The predicted molar refractivity (Wildman–Crippen MR) is 76.0 cm³/mol. The first kappa shape index (κ1) is 14.1. The van der Waals surface area contributed by atoms with Crippen LogP contribution in [0.5, 0.6) is 5.75 Å². The molecule has 1 rings (SSSR count). The van der Waals surface area contributed by atoms with E-state index in [0.717, 1.165) is 29.9 Å². The molecule has 0 bridgehead atoms. The molecular weight excluding hydrogens is 226 g/mol. The minimum Gasteiger partial charge on any atom is -0.496 e. The summed E-state index contributed by atoms with van der Waals surface area (Å²) < 4.78 is 5.28. The van der Waals surface area contributed by atoms with Crippen LogP contribution in [0.15, 0.2) is 41.4 Å². The average molecular weight is 247 g/mol. The number of para-hydroxylation sites is 1. The first-order valence-corrected chi connectivity index (χ1v) is 5.93. The molecule has 0 aliphatic rings. The van der Waals surface area contributed by atoms with Crippen molar-refractivity contribution in [3.8, 4) is 5.75 Å². The van der Waals surface area contributed by atoms with E-state index in [0.29, 0.717) is 12.5 Å². The molecule has 4 heteroatoms. The van der Waals surface area contributed by atoms with Crippen LogP contribution in [0, 0.1) is 0 Å². The van der Waals surface area contributed by atoms with Gasteiger partial charge in [0, 0.05) is 6.54 Å². The van der Waals surface area contributed by atoms with E-state index in [1.54, 1.807) is 7.11 Å². The quantitative estimate of drug-likeness (QED) is 0.457. The third kappa shape index (κ3) is 4.91. The second-order valence-electron chi connectivity index (χ2n) is 4.15. The van der Waals surface area contributed by atoms with E-state index in [9.17, 15) is 0 Å². The molecule has 0 aliphatic carbocycles. The Morgan fingerprint density at radius 3 is 2.83 bits per heavy atom. The number of nitrogens with two attached hydrogens (primary N) is 1. The molecule has 0 radical (unpaired) electrons. The topological polar surface area (TPSA) is 59.6 Å². The van der Waals surface area contributed by atoms with E-state index >= 15 is 0 Å². The van der Waals surface area contributed by atoms with Crippen molar-refractivity contribution in [3.05, 3.63) is 42.0 Å². The second-order valence-corrected chi connectivity index (χ2v) is 4.15. The highest BCUT2D eigenvalue weighted by molar-refractivity contribution is 5.77. The molecule has 0 saturated heterocycles. The normalized spacial score (nSPS) is 11.1. The summed E-state index contributed by atoms with van der Waals surface area (Å²) in [5, 5.41) is 3.07. The SMILES string of the molecule is C=C(C)CN=C(N)NCCc1ccccc1OC. The first-order chi connectivity index (χ1) is 8.63. The Hall–Kier alpha value is -1.97. The summed E-state index contributed by atoms with van der Waals surface area (Å²) >= 11 is 0. The maximum Gasteiger partial charge on any atom is 0.188 e. The Labute approximate surface area is 109 Å². The van der Waals surface area contributed by atoms with Gasteiger partial charge in [0.15, 0.2) is 5.96 Å². The Morgan fingerprint density at radius 2 is 2.17 bits per heavy atom. The number of hydrogen-bond acceptors (Lipinski definition) is 2. The van der Waals surface area contributed by atoms with Crippen LogP contribution >= 0.6 is 0 Å². The van der Waals surface area contributed by atoms with E-state index < -0.39 is 0 Å². The Bertz CT molecular complexity index is 427. The van der Waals surface area contributed by atoms with Gasteiger partial charge in [-0.15, -0.1) is 0 Å². The van der Waals surface area contributed by atoms with Crippen LogP contribution in [-0.2, 0) is 6.42 Å². The summed E-state index contributed by atoms with van der Waals surface area (Å²) in [7, 11) is 1.68. The third-order valence-corrected chi connectivity index (χ3v) is 2.41. The highest BCUT2D eigenvalue weighted by atomic mass is 16.5. The number of nitrogens with zero attached hydrogens (tertiary/aromatic N) is 1. The van der Waals surface area contributed by atoms with Crippen molar-refractivity contribution in [2.45, 2.75) is 13.3 Å². The number of methoxy groups -OCH3 is 1. The van der Waals surface area contributed by atoms with Gasteiger partial charge in [-0.25, -0.2) is 4.99 Å². The van der Waals surface area contributed by atoms with Gasteiger partial charge < -0.3 is 15.8 Å². The molecule has 0 saturated carbocycles. The van der Waals surface area contributed by atoms with Gasteiger partial charge >= 0.3 is 0 Å². The van der Waals surface area contributed by atoms with Gasteiger partial charge in [-0.3, -0.25) is 0 Å². The third-order valence-electron chi connectivity index (χ3n) is 2.41. The molecule has 0 aliphatic heterocycles. The fraction of sp³-hybridized carbons (Fsp3) is 0.357. The zero-order chi connectivity index (χ0) is 13.4. The Kier molecular flexibility index (Phi) is 5.77. The summed E-state index contributed by atoms with van der Waals surface area (Å²) in [6, 6.07) is 7.95. The molecule has 1 aromatic rings. The molecule has 0 amide bonds. The lowest BCUT2D eigenvalue weighted by Crippen LogP contribution is -2.33. The van der Waals surface area contributed by atoms with E-state index in [4.69, 9.17) is 10.5 Å². The number of nitrogens with one attached hydrogen (secondary N) is 1. The fourth-order valence-electron chi connectivity index (χ4n) is 1.51. The van der Waals surface area contributed by atoms with Crippen molar-refractivity contribution >= 4 is 5.96 Å². The number of benzene rings is 1. The molecule has 4 nitrogen and oxygen atoms in total. The van der Waals surface area contributed by atoms with Crippen molar-refractivity contribution in [1.82, 2.24) is 5.32 Å².